The molecule has 1 unspecified atom stereocenters. The first-order valence-corrected chi connectivity index (χ1v) is 17.7. The van der Waals surface area contributed by atoms with E-state index in [0.29, 0.717) is 28.8 Å². The second-order valence-corrected chi connectivity index (χ2v) is 20.3. The molecule has 2 aliphatic heterocycles. The topological polar surface area (TPSA) is 38.8 Å². The number of ether oxygens (including phenoxy) is 2. The molecule has 33 heavy (non-hydrogen) atoms. The van der Waals surface area contributed by atoms with Gasteiger partial charge >= 0.3 is 6.09 Å². The third-order valence-electron chi connectivity index (χ3n) is 8.12. The molecule has 4 atom stereocenters. The van der Waals surface area contributed by atoms with Crippen molar-refractivity contribution in [1.29, 1.82) is 0 Å². The average Bonchev–Trinajstić information content (AvgIpc) is 2.96. The van der Waals surface area contributed by atoms with Crippen molar-refractivity contribution in [3.63, 3.8) is 0 Å². The van der Waals surface area contributed by atoms with Crippen LogP contribution in [-0.4, -0.2) is 50.2 Å². The maximum Gasteiger partial charge on any atom is 0.414 e. The van der Waals surface area contributed by atoms with Gasteiger partial charge in [0, 0.05) is 54.9 Å². The van der Waals surface area contributed by atoms with Gasteiger partial charge in [-0.15, -0.1) is 0 Å². The summed E-state index contributed by atoms with van der Waals surface area (Å²) in [5, 5.41) is 0.832. The number of methoxy groups -OCH3 is 1. The van der Waals surface area contributed by atoms with Crippen LogP contribution in [0.15, 0.2) is 24.3 Å². The SMILES string of the molecule is COc1ccc2c(c1)C(C[S+]1[C@@H]3C[C@@H](CC[C@H]3C)C1(C)C)=CCN2C(=O)OCC[Si](C)(C)C. The molecule has 1 saturated carbocycles. The van der Waals surface area contributed by atoms with Crippen molar-refractivity contribution in [3.8, 4) is 5.75 Å². The van der Waals surface area contributed by atoms with E-state index in [0.717, 1.165) is 45.9 Å². The fourth-order valence-corrected chi connectivity index (χ4v) is 10.2. The van der Waals surface area contributed by atoms with Gasteiger partial charge < -0.3 is 9.47 Å². The lowest BCUT2D eigenvalue weighted by molar-refractivity contribution is 0.160. The Balaban J connectivity index is 1.58. The second-order valence-electron chi connectivity index (χ2n) is 11.9. The lowest BCUT2D eigenvalue weighted by atomic mass is 9.78. The van der Waals surface area contributed by atoms with Crippen LogP contribution in [0.5, 0.6) is 5.75 Å². The molecule has 4 nitrogen and oxygen atoms in total. The van der Waals surface area contributed by atoms with Crippen molar-refractivity contribution in [2.24, 2.45) is 11.8 Å². The Morgan fingerprint density at radius 2 is 2.00 bits per heavy atom. The van der Waals surface area contributed by atoms with Gasteiger partial charge in [0.15, 0.2) is 0 Å². The quantitative estimate of drug-likeness (QED) is 0.335. The van der Waals surface area contributed by atoms with Crippen LogP contribution in [0, 0.1) is 11.8 Å². The predicted molar refractivity (Wildman–Crippen MR) is 144 cm³/mol. The number of benzene rings is 1. The highest BCUT2D eigenvalue weighted by atomic mass is 32.2. The van der Waals surface area contributed by atoms with Crippen LogP contribution in [0.25, 0.3) is 5.57 Å². The van der Waals surface area contributed by atoms with Crippen molar-refractivity contribution >= 4 is 36.3 Å². The number of anilines is 1. The van der Waals surface area contributed by atoms with Gasteiger partial charge in [0.2, 0.25) is 0 Å². The highest BCUT2D eigenvalue weighted by molar-refractivity contribution is 7.99. The van der Waals surface area contributed by atoms with Gasteiger partial charge in [-0.05, 0) is 50.9 Å². The number of carbonyl (C=O) groups is 1. The van der Waals surface area contributed by atoms with Crippen LogP contribution in [0.1, 0.15) is 45.6 Å². The fourth-order valence-electron chi connectivity index (χ4n) is 5.75. The molecule has 0 aromatic heterocycles. The Kier molecular flexibility index (Phi) is 6.99. The summed E-state index contributed by atoms with van der Waals surface area (Å²) in [6, 6.07) is 7.10. The lowest BCUT2D eigenvalue weighted by Crippen LogP contribution is -2.39. The Bertz CT molecular complexity index is 922. The summed E-state index contributed by atoms with van der Waals surface area (Å²) in [4.78, 5) is 14.8. The molecule has 0 spiro atoms. The van der Waals surface area contributed by atoms with Crippen LogP contribution in [0.4, 0.5) is 10.5 Å². The first kappa shape index (κ1) is 24.7. The van der Waals surface area contributed by atoms with Gasteiger partial charge in [0.25, 0.3) is 0 Å². The summed E-state index contributed by atoms with van der Waals surface area (Å²) in [7, 11) is 0.806. The molecular formula is C27H42NO3SSi+. The van der Waals surface area contributed by atoms with E-state index in [-0.39, 0.29) is 6.09 Å². The Hall–Kier alpha value is -1.40. The van der Waals surface area contributed by atoms with Crippen LogP contribution >= 0.6 is 0 Å². The molecule has 3 aliphatic rings. The van der Waals surface area contributed by atoms with Crippen LogP contribution in [0.2, 0.25) is 25.7 Å². The standard InChI is InChI=1S/C27H42NO3SSi/c1-19-8-9-21-16-25(19)32(27(21,2)3)18-20-12-13-28(26(29)31-14-15-33(5,6)7)24-11-10-22(30-4)17-23(20)24/h10-12,17,19,21,25H,8-9,13-16,18H2,1-7H3/q+1/t19-,21-,25-,32?/m1/s1. The molecule has 0 radical (unpaired) electrons. The summed E-state index contributed by atoms with van der Waals surface area (Å²) >= 11 is 0. The number of rotatable bonds is 6. The van der Waals surface area contributed by atoms with Gasteiger partial charge in [-0.1, -0.05) is 32.6 Å². The summed E-state index contributed by atoms with van der Waals surface area (Å²) in [5.41, 5.74) is 3.48. The van der Waals surface area contributed by atoms with E-state index < -0.39 is 8.07 Å². The van der Waals surface area contributed by atoms with Crippen molar-refractivity contribution < 1.29 is 14.3 Å². The molecule has 4 rings (SSSR count). The Labute approximate surface area is 204 Å². The first-order valence-electron chi connectivity index (χ1n) is 12.5. The van der Waals surface area contributed by atoms with E-state index in [9.17, 15) is 4.79 Å². The Morgan fingerprint density at radius 1 is 1.24 bits per heavy atom. The molecular weight excluding hydrogens is 446 g/mol. The van der Waals surface area contributed by atoms with E-state index >= 15 is 0 Å². The average molecular weight is 489 g/mol. The monoisotopic (exact) mass is 488 g/mol. The number of nitrogens with zero attached hydrogens (tertiary/aromatic N) is 1. The molecule has 1 aromatic rings. The van der Waals surface area contributed by atoms with Crippen LogP contribution < -0.4 is 9.64 Å². The van der Waals surface area contributed by atoms with Crippen molar-refractivity contribution in [3.05, 3.63) is 29.8 Å². The Morgan fingerprint density at radius 3 is 2.70 bits per heavy atom. The number of amides is 1. The highest BCUT2D eigenvalue weighted by Crippen LogP contribution is 2.53. The van der Waals surface area contributed by atoms with E-state index in [2.05, 4.69) is 52.6 Å². The summed E-state index contributed by atoms with van der Waals surface area (Å²) in [6.07, 6.45) is 6.20. The number of hydrogen-bond acceptors (Lipinski definition) is 3. The van der Waals surface area contributed by atoms with E-state index in [4.69, 9.17) is 9.47 Å². The zero-order chi connectivity index (χ0) is 24.0. The summed E-state index contributed by atoms with van der Waals surface area (Å²) in [5.74, 6) is 3.62. The summed E-state index contributed by atoms with van der Waals surface area (Å²) in [6.45, 7) is 15.5. The molecule has 2 fully saturated rings. The molecule has 0 N–H and O–H groups in total. The van der Waals surface area contributed by atoms with Crippen molar-refractivity contribution in [2.45, 2.75) is 75.7 Å². The maximum atomic E-state index is 13.0. The minimum Gasteiger partial charge on any atom is -0.497 e. The van der Waals surface area contributed by atoms with Crippen molar-refractivity contribution in [1.82, 2.24) is 0 Å². The third kappa shape index (κ3) is 5.02. The van der Waals surface area contributed by atoms with Crippen LogP contribution in [0.3, 0.4) is 0 Å². The van der Waals surface area contributed by atoms with Gasteiger partial charge in [0.05, 0.1) is 19.4 Å². The minimum atomic E-state index is -1.24. The molecule has 1 aromatic carbocycles. The zero-order valence-electron chi connectivity index (χ0n) is 21.6. The van der Waals surface area contributed by atoms with E-state index in [1.807, 2.05) is 12.1 Å². The molecule has 2 heterocycles. The minimum absolute atomic E-state index is 0.233. The second kappa shape index (κ2) is 9.33. The molecule has 1 saturated heterocycles. The van der Waals surface area contributed by atoms with Gasteiger partial charge in [-0.2, -0.15) is 0 Å². The molecule has 2 bridgehead atoms. The van der Waals surface area contributed by atoms with Crippen LogP contribution in [-0.2, 0) is 15.6 Å². The smallest absolute Gasteiger partial charge is 0.414 e. The highest BCUT2D eigenvalue weighted by Gasteiger charge is 2.60. The predicted octanol–water partition coefficient (Wildman–Crippen LogP) is 6.59. The largest absolute Gasteiger partial charge is 0.497 e. The number of fused-ring (bicyclic) bond motifs is 3. The van der Waals surface area contributed by atoms with Crippen molar-refractivity contribution in [2.75, 3.05) is 30.9 Å². The van der Waals surface area contributed by atoms with Gasteiger partial charge in [-0.25, -0.2) is 4.79 Å². The molecule has 1 amide bonds. The fraction of sp³-hybridized carbons (Fsp3) is 0.667. The van der Waals surface area contributed by atoms with E-state index in [1.54, 1.807) is 12.0 Å². The lowest BCUT2D eigenvalue weighted by Gasteiger charge is -2.31. The third-order valence-corrected chi connectivity index (χ3v) is 13.5. The molecule has 6 heteroatoms. The maximum absolute atomic E-state index is 13.0. The normalized spacial score (nSPS) is 28.2. The first-order chi connectivity index (χ1) is 15.5. The molecule has 182 valence electrons. The van der Waals surface area contributed by atoms with E-state index in [1.165, 1.54) is 24.8 Å². The van der Waals surface area contributed by atoms with Gasteiger partial charge in [-0.3, -0.25) is 4.90 Å². The molecule has 1 aliphatic carbocycles. The van der Waals surface area contributed by atoms with Gasteiger partial charge in [0.1, 0.15) is 21.5 Å². The summed E-state index contributed by atoms with van der Waals surface area (Å²) < 4.78 is 11.7. The number of hydrogen-bond donors (Lipinski definition) is 0. The zero-order valence-corrected chi connectivity index (χ0v) is 23.4. The number of carbonyl (C=O) groups excluding carboxylic acids is 1.